The highest BCUT2D eigenvalue weighted by atomic mass is 16.3. The van der Waals surface area contributed by atoms with Crippen LogP contribution in [0.3, 0.4) is 0 Å². The van der Waals surface area contributed by atoms with E-state index in [1.807, 2.05) is 38.1 Å². The Hall–Kier alpha value is -1.88. The van der Waals surface area contributed by atoms with Crippen LogP contribution in [-0.2, 0) is 0 Å². The van der Waals surface area contributed by atoms with Crippen molar-refractivity contribution in [2.45, 2.75) is 32.2 Å². The largest absolute Gasteiger partial charge is 0.394 e. The van der Waals surface area contributed by atoms with Crippen molar-refractivity contribution in [3.05, 3.63) is 30.0 Å². The van der Waals surface area contributed by atoms with Crippen molar-refractivity contribution in [3.8, 4) is 0 Å². The number of hydrogen-bond donors (Lipinski definition) is 3. The van der Waals surface area contributed by atoms with E-state index in [4.69, 9.17) is 0 Å². The summed E-state index contributed by atoms with van der Waals surface area (Å²) in [6.45, 7) is 3.82. The molecule has 5 nitrogen and oxygen atoms in total. The molecule has 0 aliphatic carbocycles. The lowest BCUT2D eigenvalue weighted by Gasteiger charge is -2.30. The molecule has 0 saturated carbocycles. The van der Waals surface area contributed by atoms with E-state index in [9.17, 15) is 9.90 Å². The molecule has 1 amide bonds. The molecule has 1 aromatic heterocycles. The van der Waals surface area contributed by atoms with Gasteiger partial charge in [0.1, 0.15) is 0 Å². The van der Waals surface area contributed by atoms with Crippen molar-refractivity contribution in [1.82, 2.24) is 15.5 Å². The predicted octanol–water partition coefficient (Wildman–Crippen LogP) is 1.84. The van der Waals surface area contributed by atoms with Gasteiger partial charge in [0.2, 0.25) is 0 Å². The minimum atomic E-state index is -0.572. The quantitative estimate of drug-likeness (QED) is 0.768. The van der Waals surface area contributed by atoms with Crippen LogP contribution in [0.15, 0.2) is 24.3 Å². The van der Waals surface area contributed by atoms with Crippen LogP contribution < -0.4 is 5.32 Å². The SMILES string of the molecule is CCC(CC)(CO)NC(=O)c1n[nH]c2ccccc12. The minimum absolute atomic E-state index is 0.0753. The number of hydrogen-bond acceptors (Lipinski definition) is 3. The van der Waals surface area contributed by atoms with E-state index in [1.165, 1.54) is 0 Å². The molecule has 2 rings (SSSR count). The summed E-state index contributed by atoms with van der Waals surface area (Å²) in [5, 5.41) is 20.1. The summed E-state index contributed by atoms with van der Waals surface area (Å²) in [5.41, 5.74) is 0.627. The normalized spacial score (nSPS) is 11.7. The van der Waals surface area contributed by atoms with E-state index in [0.717, 1.165) is 10.9 Å². The zero-order chi connectivity index (χ0) is 13.9. The van der Waals surface area contributed by atoms with E-state index in [2.05, 4.69) is 15.5 Å². The fourth-order valence-corrected chi connectivity index (χ4v) is 2.13. The molecule has 0 fully saturated rings. The first-order valence-corrected chi connectivity index (χ1v) is 6.52. The third kappa shape index (κ3) is 2.46. The lowest BCUT2D eigenvalue weighted by molar-refractivity contribution is 0.0814. The van der Waals surface area contributed by atoms with Crippen molar-refractivity contribution in [2.24, 2.45) is 0 Å². The number of aromatic amines is 1. The monoisotopic (exact) mass is 261 g/mol. The number of nitrogens with zero attached hydrogens (tertiary/aromatic N) is 1. The third-order valence-corrected chi connectivity index (χ3v) is 3.72. The fraction of sp³-hybridized carbons (Fsp3) is 0.429. The van der Waals surface area contributed by atoms with Gasteiger partial charge in [-0.25, -0.2) is 0 Å². The van der Waals surface area contributed by atoms with E-state index < -0.39 is 5.54 Å². The van der Waals surface area contributed by atoms with Crippen molar-refractivity contribution in [1.29, 1.82) is 0 Å². The van der Waals surface area contributed by atoms with Crippen LogP contribution in [0.25, 0.3) is 10.9 Å². The standard InChI is InChI=1S/C14H19N3O2/c1-3-14(4-2,9-18)15-13(19)12-10-7-5-6-8-11(10)16-17-12/h5-8,18H,3-4,9H2,1-2H3,(H,15,19)(H,16,17). The summed E-state index contributed by atoms with van der Waals surface area (Å²) in [6.07, 6.45) is 1.35. The molecule has 0 spiro atoms. The first-order valence-electron chi connectivity index (χ1n) is 6.52. The average Bonchev–Trinajstić information content (AvgIpc) is 2.89. The van der Waals surface area contributed by atoms with Gasteiger partial charge in [0.05, 0.1) is 17.7 Å². The highest BCUT2D eigenvalue weighted by molar-refractivity contribution is 6.04. The van der Waals surface area contributed by atoms with Crippen molar-refractivity contribution in [2.75, 3.05) is 6.61 Å². The Morgan fingerprint density at radius 2 is 2.05 bits per heavy atom. The number of aliphatic hydroxyl groups is 1. The zero-order valence-corrected chi connectivity index (χ0v) is 11.2. The molecule has 1 aromatic carbocycles. The number of carbonyl (C=O) groups excluding carboxylic acids is 1. The van der Waals surface area contributed by atoms with Gasteiger partial charge in [-0.05, 0) is 18.9 Å². The van der Waals surface area contributed by atoms with E-state index in [0.29, 0.717) is 18.5 Å². The van der Waals surface area contributed by atoms with Gasteiger partial charge < -0.3 is 10.4 Å². The Kier molecular flexibility index (Phi) is 3.85. The maximum atomic E-state index is 12.3. The van der Waals surface area contributed by atoms with Crippen LogP contribution in [0.5, 0.6) is 0 Å². The van der Waals surface area contributed by atoms with Gasteiger partial charge in [-0.15, -0.1) is 0 Å². The Labute approximate surface area is 112 Å². The number of rotatable bonds is 5. The second kappa shape index (κ2) is 5.40. The summed E-state index contributed by atoms with van der Waals surface area (Å²) in [5.74, 6) is -0.254. The molecule has 5 heteroatoms. The van der Waals surface area contributed by atoms with Crippen molar-refractivity contribution < 1.29 is 9.90 Å². The Bertz CT molecular complexity index is 565. The minimum Gasteiger partial charge on any atom is -0.394 e. The van der Waals surface area contributed by atoms with Gasteiger partial charge in [0, 0.05) is 5.39 Å². The highest BCUT2D eigenvalue weighted by Gasteiger charge is 2.29. The molecule has 1 heterocycles. The second-order valence-electron chi connectivity index (χ2n) is 4.72. The first-order chi connectivity index (χ1) is 9.15. The molecular formula is C14H19N3O2. The van der Waals surface area contributed by atoms with E-state index >= 15 is 0 Å². The number of benzene rings is 1. The van der Waals surface area contributed by atoms with Gasteiger partial charge in [-0.2, -0.15) is 5.10 Å². The lowest BCUT2D eigenvalue weighted by Crippen LogP contribution is -2.50. The number of aliphatic hydroxyl groups excluding tert-OH is 1. The molecule has 0 bridgehead atoms. The van der Waals surface area contributed by atoms with E-state index in [-0.39, 0.29) is 12.5 Å². The van der Waals surface area contributed by atoms with Crippen molar-refractivity contribution >= 4 is 16.8 Å². The summed E-state index contributed by atoms with van der Waals surface area (Å²) in [7, 11) is 0. The van der Waals surface area contributed by atoms with Gasteiger partial charge in [-0.3, -0.25) is 9.89 Å². The molecule has 0 unspecified atom stereocenters. The first kappa shape index (κ1) is 13.5. The van der Waals surface area contributed by atoms with Crippen LogP contribution >= 0.6 is 0 Å². The predicted molar refractivity (Wildman–Crippen MR) is 74.0 cm³/mol. The van der Waals surface area contributed by atoms with Crippen LogP contribution in [-0.4, -0.2) is 33.4 Å². The molecule has 3 N–H and O–H groups in total. The molecule has 0 aliphatic heterocycles. The molecule has 102 valence electrons. The average molecular weight is 261 g/mol. The number of para-hydroxylation sites is 1. The molecule has 0 radical (unpaired) electrons. The van der Waals surface area contributed by atoms with Gasteiger partial charge in [0.15, 0.2) is 5.69 Å². The van der Waals surface area contributed by atoms with Crippen LogP contribution in [0.2, 0.25) is 0 Å². The maximum absolute atomic E-state index is 12.3. The summed E-state index contributed by atoms with van der Waals surface area (Å²) < 4.78 is 0. The lowest BCUT2D eigenvalue weighted by atomic mass is 9.93. The number of H-pyrrole nitrogens is 1. The second-order valence-corrected chi connectivity index (χ2v) is 4.72. The number of nitrogens with one attached hydrogen (secondary N) is 2. The molecule has 19 heavy (non-hydrogen) atoms. The maximum Gasteiger partial charge on any atom is 0.272 e. The van der Waals surface area contributed by atoms with Crippen LogP contribution in [0.4, 0.5) is 0 Å². The molecule has 0 saturated heterocycles. The summed E-state index contributed by atoms with van der Waals surface area (Å²) >= 11 is 0. The number of fused-ring (bicyclic) bond motifs is 1. The molecular weight excluding hydrogens is 242 g/mol. The summed E-state index contributed by atoms with van der Waals surface area (Å²) in [6, 6.07) is 7.48. The third-order valence-electron chi connectivity index (χ3n) is 3.72. The smallest absolute Gasteiger partial charge is 0.272 e. The number of amides is 1. The topological polar surface area (TPSA) is 78.0 Å². The Morgan fingerprint density at radius 1 is 1.37 bits per heavy atom. The highest BCUT2D eigenvalue weighted by Crippen LogP contribution is 2.18. The van der Waals surface area contributed by atoms with E-state index in [1.54, 1.807) is 0 Å². The number of aromatic nitrogens is 2. The Balaban J connectivity index is 2.29. The zero-order valence-electron chi connectivity index (χ0n) is 11.2. The molecule has 0 aliphatic rings. The van der Waals surface area contributed by atoms with Gasteiger partial charge >= 0.3 is 0 Å². The van der Waals surface area contributed by atoms with Crippen LogP contribution in [0.1, 0.15) is 37.2 Å². The fourth-order valence-electron chi connectivity index (χ4n) is 2.13. The Morgan fingerprint density at radius 3 is 2.68 bits per heavy atom. The summed E-state index contributed by atoms with van der Waals surface area (Å²) in [4.78, 5) is 12.3. The number of carbonyl (C=O) groups is 1. The van der Waals surface area contributed by atoms with Crippen LogP contribution in [0, 0.1) is 0 Å². The van der Waals surface area contributed by atoms with Crippen molar-refractivity contribution in [3.63, 3.8) is 0 Å². The molecule has 2 aromatic rings. The van der Waals surface area contributed by atoms with Gasteiger partial charge in [-0.1, -0.05) is 32.0 Å². The van der Waals surface area contributed by atoms with Gasteiger partial charge in [0.25, 0.3) is 5.91 Å². The molecule has 0 atom stereocenters.